The van der Waals surface area contributed by atoms with Gasteiger partial charge in [0.25, 0.3) is 5.91 Å². The van der Waals surface area contributed by atoms with Crippen molar-refractivity contribution >= 4 is 22.6 Å². The molecule has 1 amide bonds. The predicted octanol–water partition coefficient (Wildman–Crippen LogP) is 3.13. The molecule has 0 aromatic carbocycles. The maximum atomic E-state index is 13.2. The number of nitrogens with zero attached hydrogens (tertiary/aromatic N) is 2. The molecule has 1 saturated heterocycles. The molecule has 7 heteroatoms. The van der Waals surface area contributed by atoms with Gasteiger partial charge in [-0.1, -0.05) is 6.42 Å². The van der Waals surface area contributed by atoms with Crippen molar-refractivity contribution in [3.05, 3.63) is 24.0 Å². The first-order chi connectivity index (χ1) is 15.6. The van der Waals surface area contributed by atoms with Gasteiger partial charge in [-0.2, -0.15) is 0 Å². The number of aliphatic hydroxyl groups is 1. The number of hydrogen-bond acceptors (Lipinski definition) is 5. The number of carbonyl (C=O) groups excluding carboxylic acids is 1. The Kier molecular flexibility index (Phi) is 5.14. The van der Waals surface area contributed by atoms with Crippen molar-refractivity contribution in [3.8, 4) is 0 Å². The minimum Gasteiger partial charge on any atom is -0.390 e. The zero-order valence-electron chi connectivity index (χ0n) is 18.8. The van der Waals surface area contributed by atoms with E-state index in [1.54, 1.807) is 6.20 Å². The van der Waals surface area contributed by atoms with Crippen LogP contribution in [0.25, 0.3) is 11.0 Å². The Balaban J connectivity index is 1.21. The number of piperidine rings is 1. The van der Waals surface area contributed by atoms with Gasteiger partial charge in [0.15, 0.2) is 0 Å². The normalized spacial score (nSPS) is 34.2. The van der Waals surface area contributed by atoms with Crippen molar-refractivity contribution in [1.29, 1.82) is 0 Å². The zero-order chi connectivity index (χ0) is 21.7. The van der Waals surface area contributed by atoms with Gasteiger partial charge in [-0.3, -0.25) is 4.79 Å². The molecule has 32 heavy (non-hydrogen) atoms. The number of H-pyrrole nitrogens is 1. The summed E-state index contributed by atoms with van der Waals surface area (Å²) in [5.41, 5.74) is 1.88. The standard InChI is InChI=1S/C25H35N5O2/c31-24(27-6-9-30-7-2-1-3-8-30)20-15-28-23-19(4-5-26-23)22(20)29-21-17-10-16-11-18(21)14-25(32,12-16)13-17/h4-5,15-18,21,32H,1-3,6-14H2,(H,27,31)(H2,26,28,29)/t16?,17?,18?,21-,25+. The number of anilines is 1. The second-order valence-electron chi connectivity index (χ2n) is 10.8. The number of pyridine rings is 1. The lowest BCUT2D eigenvalue weighted by atomic mass is 9.52. The lowest BCUT2D eigenvalue weighted by Gasteiger charge is -2.58. The number of amides is 1. The molecular weight excluding hydrogens is 402 g/mol. The Morgan fingerprint density at radius 2 is 1.97 bits per heavy atom. The highest BCUT2D eigenvalue weighted by molar-refractivity contribution is 6.06. The van der Waals surface area contributed by atoms with E-state index in [1.807, 2.05) is 12.3 Å². The summed E-state index contributed by atoms with van der Waals surface area (Å²) in [5.74, 6) is 1.56. The summed E-state index contributed by atoms with van der Waals surface area (Å²) in [4.78, 5) is 23.4. The Bertz CT molecular complexity index is 981. The Hall–Kier alpha value is -2.12. The van der Waals surface area contributed by atoms with E-state index >= 15 is 0 Å². The van der Waals surface area contributed by atoms with E-state index in [9.17, 15) is 9.90 Å². The van der Waals surface area contributed by atoms with E-state index in [-0.39, 0.29) is 5.91 Å². The first-order valence-corrected chi connectivity index (χ1v) is 12.5. The molecule has 0 spiro atoms. The summed E-state index contributed by atoms with van der Waals surface area (Å²) < 4.78 is 0. The van der Waals surface area contributed by atoms with Gasteiger partial charge in [-0.05, 0) is 81.9 Å². The van der Waals surface area contributed by atoms with Gasteiger partial charge < -0.3 is 25.6 Å². The fourth-order valence-electron chi connectivity index (χ4n) is 7.33. The molecule has 7 rings (SSSR count). The maximum absolute atomic E-state index is 13.2. The molecule has 5 aliphatic rings. The minimum atomic E-state index is -0.453. The third-order valence-corrected chi connectivity index (χ3v) is 8.55. The quantitative estimate of drug-likeness (QED) is 0.557. The highest BCUT2D eigenvalue weighted by atomic mass is 16.3. The molecule has 3 heterocycles. The summed E-state index contributed by atoms with van der Waals surface area (Å²) in [6.07, 6.45) is 12.6. The lowest BCUT2D eigenvalue weighted by molar-refractivity contribution is -0.129. The number of rotatable bonds is 6. The third kappa shape index (κ3) is 3.69. The molecule has 2 aromatic rings. The minimum absolute atomic E-state index is 0.0532. The average Bonchev–Trinajstić information content (AvgIpc) is 3.25. The number of fused-ring (bicyclic) bond motifs is 1. The molecule has 0 radical (unpaired) electrons. The summed E-state index contributed by atoms with van der Waals surface area (Å²) in [7, 11) is 0. The monoisotopic (exact) mass is 437 g/mol. The van der Waals surface area contributed by atoms with Crippen LogP contribution in [0.1, 0.15) is 61.7 Å². The Morgan fingerprint density at radius 1 is 1.19 bits per heavy atom. The molecule has 172 valence electrons. The van der Waals surface area contributed by atoms with Gasteiger partial charge in [0.2, 0.25) is 0 Å². The summed E-state index contributed by atoms with van der Waals surface area (Å²) in [6.45, 7) is 3.84. The van der Waals surface area contributed by atoms with Crippen LogP contribution in [-0.4, -0.2) is 63.7 Å². The van der Waals surface area contributed by atoms with E-state index in [4.69, 9.17) is 0 Å². The predicted molar refractivity (Wildman–Crippen MR) is 125 cm³/mol. The van der Waals surface area contributed by atoms with Crippen LogP contribution in [0.5, 0.6) is 0 Å². The number of aromatic nitrogens is 2. The number of aromatic amines is 1. The summed E-state index contributed by atoms with van der Waals surface area (Å²) in [6, 6.07) is 2.32. The SMILES string of the molecule is O=C(NCCN1CCCCC1)c1cnc2[nH]ccc2c1N[C@H]1C2CC3CC1C[C@@](O)(C3)C2. The number of carbonyl (C=O) groups is 1. The van der Waals surface area contributed by atoms with Gasteiger partial charge in [0, 0.05) is 36.9 Å². The summed E-state index contributed by atoms with van der Waals surface area (Å²) in [5, 5.41) is 18.9. The number of hydrogen-bond donors (Lipinski definition) is 4. The van der Waals surface area contributed by atoms with Gasteiger partial charge >= 0.3 is 0 Å². The fourth-order valence-corrected chi connectivity index (χ4v) is 7.33. The molecule has 1 aliphatic heterocycles. The topological polar surface area (TPSA) is 93.3 Å². The van der Waals surface area contributed by atoms with Gasteiger partial charge in [-0.15, -0.1) is 0 Å². The molecule has 7 nitrogen and oxygen atoms in total. The van der Waals surface area contributed by atoms with Gasteiger partial charge in [0.1, 0.15) is 5.65 Å². The van der Waals surface area contributed by atoms with Crippen molar-refractivity contribution in [3.63, 3.8) is 0 Å². The second-order valence-corrected chi connectivity index (χ2v) is 10.8. The Morgan fingerprint density at radius 3 is 2.72 bits per heavy atom. The first-order valence-electron chi connectivity index (χ1n) is 12.5. The molecule has 4 N–H and O–H groups in total. The van der Waals surface area contributed by atoms with Gasteiger partial charge in [-0.25, -0.2) is 4.98 Å². The Labute approximate surface area is 189 Å². The van der Waals surface area contributed by atoms with E-state index in [0.29, 0.717) is 35.9 Å². The highest BCUT2D eigenvalue weighted by Gasteiger charge is 2.54. The van der Waals surface area contributed by atoms with E-state index in [1.165, 1.54) is 32.1 Å². The molecule has 4 bridgehead atoms. The molecule has 2 unspecified atom stereocenters. The molecule has 4 aliphatic carbocycles. The van der Waals surface area contributed by atoms with Crippen molar-refractivity contribution < 1.29 is 9.90 Å². The largest absolute Gasteiger partial charge is 0.390 e. The van der Waals surface area contributed by atoms with Crippen molar-refractivity contribution in [2.24, 2.45) is 17.8 Å². The van der Waals surface area contributed by atoms with E-state index in [2.05, 4.69) is 25.5 Å². The summed E-state index contributed by atoms with van der Waals surface area (Å²) >= 11 is 0. The fraction of sp³-hybridized carbons (Fsp3) is 0.680. The van der Waals surface area contributed by atoms with Gasteiger partial charge in [0.05, 0.1) is 16.9 Å². The first kappa shape index (κ1) is 20.5. The van der Waals surface area contributed by atoms with E-state index in [0.717, 1.165) is 55.6 Å². The van der Waals surface area contributed by atoms with Crippen LogP contribution in [0.2, 0.25) is 0 Å². The average molecular weight is 438 g/mol. The molecule has 2 aromatic heterocycles. The number of likely N-dealkylation sites (tertiary alicyclic amines) is 1. The zero-order valence-corrected chi connectivity index (χ0v) is 18.8. The molecular formula is C25H35N5O2. The second kappa shape index (κ2) is 8.03. The molecule has 5 fully saturated rings. The van der Waals surface area contributed by atoms with Crippen LogP contribution in [0, 0.1) is 17.8 Å². The maximum Gasteiger partial charge on any atom is 0.255 e. The third-order valence-electron chi connectivity index (χ3n) is 8.55. The lowest BCUT2D eigenvalue weighted by Crippen LogP contribution is -2.59. The van der Waals surface area contributed by atoms with Crippen molar-refractivity contribution in [2.75, 3.05) is 31.5 Å². The highest BCUT2D eigenvalue weighted by Crippen LogP contribution is 2.56. The van der Waals surface area contributed by atoms with Crippen LogP contribution >= 0.6 is 0 Å². The van der Waals surface area contributed by atoms with Crippen LogP contribution < -0.4 is 10.6 Å². The van der Waals surface area contributed by atoms with Crippen LogP contribution in [0.3, 0.4) is 0 Å². The molecule has 4 saturated carbocycles. The van der Waals surface area contributed by atoms with Crippen LogP contribution in [0.15, 0.2) is 18.5 Å². The smallest absolute Gasteiger partial charge is 0.255 e. The van der Waals surface area contributed by atoms with Crippen molar-refractivity contribution in [1.82, 2.24) is 20.2 Å². The van der Waals surface area contributed by atoms with Crippen molar-refractivity contribution in [2.45, 2.75) is 63.0 Å². The molecule has 2 atom stereocenters. The van der Waals surface area contributed by atoms with Crippen LogP contribution in [0.4, 0.5) is 5.69 Å². The van der Waals surface area contributed by atoms with Crippen LogP contribution in [-0.2, 0) is 0 Å². The van der Waals surface area contributed by atoms with E-state index < -0.39 is 5.60 Å². The number of nitrogens with one attached hydrogen (secondary N) is 3.